The van der Waals surface area contributed by atoms with Crippen LogP contribution in [0.15, 0.2) is 10.2 Å². The van der Waals surface area contributed by atoms with Crippen molar-refractivity contribution in [1.29, 1.82) is 0 Å². The van der Waals surface area contributed by atoms with Crippen molar-refractivity contribution in [1.82, 2.24) is 0 Å². The van der Waals surface area contributed by atoms with Gasteiger partial charge in [-0.15, -0.1) is 0 Å². The monoisotopic (exact) mass is 418 g/mol. The molecule has 1 saturated heterocycles. The van der Waals surface area contributed by atoms with Crippen molar-refractivity contribution < 1.29 is 9.84 Å². The summed E-state index contributed by atoms with van der Waals surface area (Å²) in [7, 11) is 0. The van der Waals surface area contributed by atoms with E-state index in [2.05, 4.69) is 30.9 Å². The summed E-state index contributed by atoms with van der Waals surface area (Å²) in [6.07, 6.45) is 12.0. The molecule has 3 heteroatoms. The quantitative estimate of drug-likeness (QED) is 0.452. The van der Waals surface area contributed by atoms with Gasteiger partial charge in [-0.05, 0) is 0 Å². The summed E-state index contributed by atoms with van der Waals surface area (Å²) in [5.74, 6) is 0. The number of ether oxygens (including phenoxy) is 1. The Hall–Kier alpha value is 0.459. The van der Waals surface area contributed by atoms with E-state index in [9.17, 15) is 5.11 Å². The zero-order chi connectivity index (χ0) is 16.3. The number of hydrogen-bond donors (Lipinski definition) is 1. The second-order valence-electron chi connectivity index (χ2n) is 7.08. The molecule has 22 heavy (non-hydrogen) atoms. The number of rotatable bonds is 11. The molecule has 0 aliphatic carbocycles. The Morgan fingerprint density at radius 3 is 2.00 bits per heavy atom. The first kappa shape index (κ1) is 20.5. The molecule has 1 rings (SSSR count). The summed E-state index contributed by atoms with van der Waals surface area (Å²) < 4.78 is 12.9. The Morgan fingerprint density at radius 2 is 1.55 bits per heavy atom. The molecule has 0 amide bonds. The first-order valence-corrected chi connectivity index (χ1v) is 17.4. The Balaban J connectivity index is 2.78. The SMILES string of the molecule is CCC[CH2][Sn](/[CH]=C/[C@@H]1OCCC[C@H]1O)([CH2]CCC)[CH2]CCC. The van der Waals surface area contributed by atoms with Crippen molar-refractivity contribution in [2.24, 2.45) is 0 Å². The average molecular weight is 417 g/mol. The van der Waals surface area contributed by atoms with Gasteiger partial charge in [0, 0.05) is 0 Å². The summed E-state index contributed by atoms with van der Waals surface area (Å²) in [6.45, 7) is 7.75. The van der Waals surface area contributed by atoms with Gasteiger partial charge in [-0.3, -0.25) is 0 Å². The minimum atomic E-state index is -2.20. The number of aliphatic hydroxyl groups excluding tert-OH is 1. The Morgan fingerprint density at radius 1 is 1.00 bits per heavy atom. The molecule has 1 heterocycles. The first-order valence-electron chi connectivity index (χ1n) is 9.66. The van der Waals surface area contributed by atoms with Gasteiger partial charge in [0.2, 0.25) is 0 Å². The molecule has 2 nitrogen and oxygen atoms in total. The third kappa shape index (κ3) is 7.35. The van der Waals surface area contributed by atoms with Gasteiger partial charge in [-0.2, -0.15) is 0 Å². The van der Waals surface area contributed by atoms with E-state index in [1.165, 1.54) is 51.8 Å². The van der Waals surface area contributed by atoms with Crippen molar-refractivity contribution in [3.63, 3.8) is 0 Å². The summed E-state index contributed by atoms with van der Waals surface area (Å²) >= 11 is -2.20. The van der Waals surface area contributed by atoms with Gasteiger partial charge in [-0.1, -0.05) is 0 Å². The molecule has 0 aromatic rings. The van der Waals surface area contributed by atoms with Crippen LogP contribution in [0.25, 0.3) is 0 Å². The van der Waals surface area contributed by atoms with Crippen LogP contribution in [0.4, 0.5) is 0 Å². The zero-order valence-corrected chi connectivity index (χ0v) is 18.0. The molecule has 0 aromatic heterocycles. The molecule has 0 aromatic carbocycles. The molecule has 1 fully saturated rings. The normalized spacial score (nSPS) is 23.3. The van der Waals surface area contributed by atoms with Crippen LogP contribution < -0.4 is 0 Å². The molecular weight excluding hydrogens is 379 g/mol. The summed E-state index contributed by atoms with van der Waals surface area (Å²) in [6, 6.07) is 0. The molecule has 1 N–H and O–H groups in total. The molecule has 130 valence electrons. The predicted molar refractivity (Wildman–Crippen MR) is 99.0 cm³/mol. The van der Waals surface area contributed by atoms with Gasteiger partial charge < -0.3 is 0 Å². The van der Waals surface area contributed by atoms with Gasteiger partial charge in [0.05, 0.1) is 0 Å². The van der Waals surface area contributed by atoms with Crippen LogP contribution in [0.1, 0.15) is 72.1 Å². The van der Waals surface area contributed by atoms with Gasteiger partial charge in [0.1, 0.15) is 0 Å². The topological polar surface area (TPSA) is 29.5 Å². The Labute approximate surface area is 142 Å². The van der Waals surface area contributed by atoms with E-state index in [4.69, 9.17) is 4.74 Å². The Bertz CT molecular complexity index is 282. The predicted octanol–water partition coefficient (Wildman–Crippen LogP) is 5.47. The van der Waals surface area contributed by atoms with E-state index in [-0.39, 0.29) is 12.2 Å². The molecule has 0 spiro atoms. The second kappa shape index (κ2) is 11.9. The molecule has 1 aliphatic heterocycles. The summed E-state index contributed by atoms with van der Waals surface area (Å²) in [5.41, 5.74) is 0. The van der Waals surface area contributed by atoms with Crippen LogP contribution in [-0.2, 0) is 4.74 Å². The zero-order valence-electron chi connectivity index (χ0n) is 15.2. The molecule has 0 radical (unpaired) electrons. The maximum atomic E-state index is 10.1. The van der Waals surface area contributed by atoms with Gasteiger partial charge in [0.25, 0.3) is 0 Å². The average Bonchev–Trinajstić information content (AvgIpc) is 2.55. The number of aliphatic hydroxyl groups is 1. The van der Waals surface area contributed by atoms with Crippen LogP contribution in [0.3, 0.4) is 0 Å². The van der Waals surface area contributed by atoms with Crippen LogP contribution in [-0.4, -0.2) is 42.3 Å². The van der Waals surface area contributed by atoms with Crippen LogP contribution in [0.2, 0.25) is 13.3 Å². The standard InChI is InChI=1S/C7H11O2.3C4H9.Sn/c1-2-7-6(8)4-3-5-9-7;3*1-3-4-2;/h1-2,6-8H,3-5H2;3*1,3-4H2,2H3;/t6-,7+;;;;/m1..../s1. The van der Waals surface area contributed by atoms with E-state index in [1.807, 2.05) is 0 Å². The molecule has 0 unspecified atom stereocenters. The molecule has 2 atom stereocenters. The summed E-state index contributed by atoms with van der Waals surface area (Å²) in [4.78, 5) is 0. The van der Waals surface area contributed by atoms with E-state index in [1.54, 1.807) is 0 Å². The van der Waals surface area contributed by atoms with Crippen LogP contribution in [0.5, 0.6) is 0 Å². The number of unbranched alkanes of at least 4 members (excludes halogenated alkanes) is 3. The molecule has 0 bridgehead atoms. The van der Waals surface area contributed by atoms with Crippen molar-refractivity contribution in [2.75, 3.05) is 6.61 Å². The van der Waals surface area contributed by atoms with E-state index >= 15 is 0 Å². The van der Waals surface area contributed by atoms with Crippen molar-refractivity contribution in [3.05, 3.63) is 10.2 Å². The van der Waals surface area contributed by atoms with E-state index in [0.717, 1.165) is 19.4 Å². The molecule has 1 aliphatic rings. The van der Waals surface area contributed by atoms with Crippen molar-refractivity contribution in [3.8, 4) is 0 Å². The van der Waals surface area contributed by atoms with Gasteiger partial charge >= 0.3 is 143 Å². The van der Waals surface area contributed by atoms with Gasteiger partial charge in [-0.25, -0.2) is 0 Å². The fourth-order valence-electron chi connectivity index (χ4n) is 3.48. The van der Waals surface area contributed by atoms with Gasteiger partial charge in [0.15, 0.2) is 0 Å². The van der Waals surface area contributed by atoms with Crippen LogP contribution in [0, 0.1) is 0 Å². The third-order valence-electron chi connectivity index (χ3n) is 5.06. The fraction of sp³-hybridized carbons (Fsp3) is 0.895. The fourth-order valence-corrected chi connectivity index (χ4v) is 17.8. The first-order chi connectivity index (χ1) is 10.7. The summed E-state index contributed by atoms with van der Waals surface area (Å²) in [5, 5.41) is 10.1. The van der Waals surface area contributed by atoms with Crippen LogP contribution >= 0.6 is 0 Å². The minimum absolute atomic E-state index is 0.0327. The number of hydrogen-bond acceptors (Lipinski definition) is 2. The second-order valence-corrected chi connectivity index (χ2v) is 20.1. The van der Waals surface area contributed by atoms with E-state index < -0.39 is 18.4 Å². The molecule has 0 saturated carbocycles. The van der Waals surface area contributed by atoms with Crippen molar-refractivity contribution >= 4 is 18.4 Å². The Kier molecular flexibility index (Phi) is 11.1. The van der Waals surface area contributed by atoms with E-state index in [0.29, 0.717) is 0 Å². The maximum absolute atomic E-state index is 10.1. The third-order valence-corrected chi connectivity index (χ3v) is 19.2. The van der Waals surface area contributed by atoms with Crippen molar-refractivity contribution in [2.45, 2.75) is 97.7 Å². The molecular formula is C19H38O2Sn.